The lowest BCUT2D eigenvalue weighted by molar-refractivity contribution is 0.590. The molecule has 2 aromatic carbocycles. The average molecular weight is 418 g/mol. The number of halogens is 3. The van der Waals surface area contributed by atoms with Crippen molar-refractivity contribution in [2.24, 2.45) is 0 Å². The minimum Gasteiger partial charge on any atom is -0.306 e. The summed E-state index contributed by atoms with van der Waals surface area (Å²) in [5, 5.41) is 4.27. The molecule has 0 aliphatic rings. The molecule has 0 aliphatic heterocycles. The van der Waals surface area contributed by atoms with Gasteiger partial charge in [0, 0.05) is 3.57 Å². The van der Waals surface area contributed by atoms with Gasteiger partial charge in [0.05, 0.1) is 11.1 Å². The Kier molecular flexibility index (Phi) is 6.02. The summed E-state index contributed by atoms with van der Waals surface area (Å²) in [7, 11) is 0. The van der Waals surface area contributed by atoms with E-state index in [2.05, 4.69) is 40.9 Å². The number of rotatable bonds is 5. The molecular formula is C17H18ClFIN. The van der Waals surface area contributed by atoms with Crippen LogP contribution in [0, 0.1) is 16.3 Å². The molecule has 1 atom stereocenters. The zero-order valence-corrected chi connectivity index (χ0v) is 15.0. The van der Waals surface area contributed by atoms with E-state index in [1.807, 2.05) is 25.1 Å². The third kappa shape index (κ3) is 4.18. The number of benzene rings is 2. The van der Waals surface area contributed by atoms with Crippen LogP contribution < -0.4 is 5.32 Å². The molecule has 2 rings (SSSR count). The van der Waals surface area contributed by atoms with Crippen LogP contribution in [0.1, 0.15) is 36.1 Å². The van der Waals surface area contributed by atoms with Gasteiger partial charge in [-0.25, -0.2) is 4.39 Å². The summed E-state index contributed by atoms with van der Waals surface area (Å²) in [6, 6.07) is 11.0. The first kappa shape index (κ1) is 16.7. The zero-order valence-electron chi connectivity index (χ0n) is 12.1. The lowest BCUT2D eigenvalue weighted by Gasteiger charge is -2.22. The Hall–Kier alpha value is -0.650. The van der Waals surface area contributed by atoms with Gasteiger partial charge in [0.1, 0.15) is 5.82 Å². The maximum Gasteiger partial charge on any atom is 0.123 e. The highest BCUT2D eigenvalue weighted by atomic mass is 127. The van der Waals surface area contributed by atoms with E-state index in [1.165, 1.54) is 6.07 Å². The fourth-order valence-electron chi connectivity index (χ4n) is 2.35. The van der Waals surface area contributed by atoms with Gasteiger partial charge >= 0.3 is 0 Å². The van der Waals surface area contributed by atoms with Crippen LogP contribution in [0.4, 0.5) is 4.39 Å². The maximum atomic E-state index is 13.3. The van der Waals surface area contributed by atoms with Gasteiger partial charge < -0.3 is 5.32 Å². The van der Waals surface area contributed by atoms with E-state index in [1.54, 1.807) is 6.07 Å². The van der Waals surface area contributed by atoms with Crippen LogP contribution in [0.25, 0.3) is 0 Å². The van der Waals surface area contributed by atoms with Crippen molar-refractivity contribution in [3.8, 4) is 0 Å². The molecule has 0 saturated carbocycles. The van der Waals surface area contributed by atoms with Crippen LogP contribution in [0.5, 0.6) is 0 Å². The van der Waals surface area contributed by atoms with Crippen molar-refractivity contribution in [1.82, 2.24) is 5.32 Å². The molecule has 0 aliphatic carbocycles. The van der Waals surface area contributed by atoms with Crippen LogP contribution in [0.2, 0.25) is 5.02 Å². The molecule has 0 heterocycles. The van der Waals surface area contributed by atoms with Crippen molar-refractivity contribution in [2.75, 3.05) is 6.54 Å². The van der Waals surface area contributed by atoms with Gasteiger partial charge in [0.15, 0.2) is 0 Å². The molecule has 1 nitrogen and oxygen atoms in total. The quantitative estimate of drug-likeness (QED) is 0.635. The van der Waals surface area contributed by atoms with E-state index < -0.39 is 0 Å². The molecule has 1 N–H and O–H groups in total. The third-order valence-corrected chi connectivity index (χ3v) is 4.99. The van der Waals surface area contributed by atoms with E-state index >= 15 is 0 Å². The summed E-state index contributed by atoms with van der Waals surface area (Å²) in [5.74, 6) is -0.203. The molecule has 2 aromatic rings. The van der Waals surface area contributed by atoms with Gasteiger partial charge in [-0.2, -0.15) is 0 Å². The summed E-state index contributed by atoms with van der Waals surface area (Å²) in [6.07, 6.45) is 1.04. The van der Waals surface area contributed by atoms with Crippen molar-refractivity contribution < 1.29 is 4.39 Å². The smallest absolute Gasteiger partial charge is 0.123 e. The molecular weight excluding hydrogens is 400 g/mol. The van der Waals surface area contributed by atoms with Crippen LogP contribution >= 0.6 is 34.2 Å². The Morgan fingerprint density at radius 3 is 2.62 bits per heavy atom. The second-order valence-corrected chi connectivity index (χ2v) is 6.63. The highest BCUT2D eigenvalue weighted by Crippen LogP contribution is 2.29. The number of aryl methyl sites for hydroxylation is 1. The monoisotopic (exact) mass is 417 g/mol. The van der Waals surface area contributed by atoms with Gasteiger partial charge in [0.25, 0.3) is 0 Å². The van der Waals surface area contributed by atoms with Crippen molar-refractivity contribution in [2.45, 2.75) is 26.3 Å². The van der Waals surface area contributed by atoms with E-state index in [4.69, 9.17) is 11.6 Å². The van der Waals surface area contributed by atoms with Gasteiger partial charge in [-0.05, 0) is 83.4 Å². The molecule has 112 valence electrons. The summed E-state index contributed by atoms with van der Waals surface area (Å²) >= 11 is 8.47. The zero-order chi connectivity index (χ0) is 15.4. The number of nitrogens with one attached hydrogen (secondary N) is 1. The Morgan fingerprint density at radius 1 is 1.24 bits per heavy atom. The average Bonchev–Trinajstić information content (AvgIpc) is 2.44. The largest absolute Gasteiger partial charge is 0.306 e. The van der Waals surface area contributed by atoms with Gasteiger partial charge in [-0.15, -0.1) is 0 Å². The third-order valence-electron chi connectivity index (χ3n) is 3.42. The van der Waals surface area contributed by atoms with Gasteiger partial charge in [-0.1, -0.05) is 30.7 Å². The fraction of sp³-hybridized carbons (Fsp3) is 0.294. The molecule has 4 heteroatoms. The maximum absolute atomic E-state index is 13.3. The predicted octanol–water partition coefficient (Wildman–Crippen LogP) is 5.48. The summed E-state index contributed by atoms with van der Waals surface area (Å²) in [5.41, 5.74) is 3.13. The first-order valence-electron chi connectivity index (χ1n) is 6.97. The van der Waals surface area contributed by atoms with Crippen molar-refractivity contribution >= 4 is 34.2 Å². The number of hydrogen-bond donors (Lipinski definition) is 1. The van der Waals surface area contributed by atoms with Crippen molar-refractivity contribution in [3.63, 3.8) is 0 Å². The van der Waals surface area contributed by atoms with Crippen LogP contribution in [0.15, 0.2) is 36.4 Å². The van der Waals surface area contributed by atoms with E-state index in [0.29, 0.717) is 0 Å². The minimum absolute atomic E-state index is 0.0278. The molecule has 0 bridgehead atoms. The molecule has 0 saturated heterocycles. The first-order valence-corrected chi connectivity index (χ1v) is 8.43. The lowest BCUT2D eigenvalue weighted by atomic mass is 9.95. The second kappa shape index (κ2) is 7.56. The molecule has 0 aromatic heterocycles. The fourth-order valence-corrected chi connectivity index (χ4v) is 2.88. The van der Waals surface area contributed by atoms with E-state index in [9.17, 15) is 4.39 Å². The van der Waals surface area contributed by atoms with Gasteiger partial charge in [0.2, 0.25) is 0 Å². The Balaban J connectivity index is 2.44. The summed E-state index contributed by atoms with van der Waals surface area (Å²) in [6.45, 7) is 4.96. The highest BCUT2D eigenvalue weighted by molar-refractivity contribution is 14.1. The van der Waals surface area contributed by atoms with Crippen LogP contribution in [0.3, 0.4) is 0 Å². The highest BCUT2D eigenvalue weighted by Gasteiger charge is 2.16. The SMILES string of the molecule is CCCNC(c1ccc(I)c(Cl)c1)c1ccc(F)cc1C. The molecule has 0 radical (unpaired) electrons. The standard InChI is InChI=1S/C17H18ClFIN/c1-3-8-21-17(12-4-7-16(20)15(18)10-12)14-6-5-13(19)9-11(14)2/h4-7,9-10,17,21H,3,8H2,1-2H3. The normalized spacial score (nSPS) is 12.4. The molecule has 0 amide bonds. The van der Waals surface area contributed by atoms with Crippen LogP contribution in [-0.2, 0) is 0 Å². The molecule has 0 fully saturated rings. The number of hydrogen-bond acceptors (Lipinski definition) is 1. The van der Waals surface area contributed by atoms with Crippen molar-refractivity contribution in [3.05, 3.63) is 67.5 Å². The first-order chi connectivity index (χ1) is 10.0. The molecule has 1 unspecified atom stereocenters. The summed E-state index contributed by atoms with van der Waals surface area (Å²) in [4.78, 5) is 0. The topological polar surface area (TPSA) is 12.0 Å². The van der Waals surface area contributed by atoms with E-state index in [0.717, 1.165) is 38.2 Å². The summed E-state index contributed by atoms with van der Waals surface area (Å²) < 4.78 is 14.4. The Bertz CT molecular complexity index is 630. The van der Waals surface area contributed by atoms with Gasteiger partial charge in [-0.3, -0.25) is 0 Å². The predicted molar refractivity (Wildman–Crippen MR) is 95.4 cm³/mol. The second-order valence-electron chi connectivity index (χ2n) is 5.06. The van der Waals surface area contributed by atoms with Crippen molar-refractivity contribution in [1.29, 1.82) is 0 Å². The molecule has 0 spiro atoms. The molecule has 21 heavy (non-hydrogen) atoms. The Labute approximate surface area is 144 Å². The van der Waals surface area contributed by atoms with E-state index in [-0.39, 0.29) is 11.9 Å². The minimum atomic E-state index is -0.203. The Morgan fingerprint density at radius 2 is 2.00 bits per heavy atom. The van der Waals surface area contributed by atoms with Crippen LogP contribution in [-0.4, -0.2) is 6.54 Å². The lowest BCUT2D eigenvalue weighted by Crippen LogP contribution is -2.24.